The summed E-state index contributed by atoms with van der Waals surface area (Å²) < 4.78 is 0. The topological polar surface area (TPSA) is 91.1 Å². The molecule has 2 amide bonds. The first kappa shape index (κ1) is 20.4. The first-order chi connectivity index (χ1) is 12.8. The lowest BCUT2D eigenvalue weighted by molar-refractivity contribution is -0.124. The molecule has 0 aliphatic heterocycles. The minimum absolute atomic E-state index is 0.0462. The number of aromatic amines is 1. The number of aryl methyl sites for hydroxylation is 2. The second kappa shape index (κ2) is 9.16. The number of H-pyrrole nitrogens is 1. The van der Waals surface area contributed by atoms with Gasteiger partial charge < -0.3 is 15.6 Å². The van der Waals surface area contributed by atoms with E-state index in [9.17, 15) is 14.4 Å². The van der Waals surface area contributed by atoms with Crippen molar-refractivity contribution in [2.45, 2.75) is 46.7 Å². The second-order valence-corrected chi connectivity index (χ2v) is 6.86. The molecule has 0 radical (unpaired) electrons. The zero-order valence-electron chi connectivity index (χ0n) is 16.3. The van der Waals surface area contributed by atoms with Gasteiger partial charge in [0.25, 0.3) is 11.5 Å². The first-order valence-electron chi connectivity index (χ1n) is 9.16. The molecule has 2 atom stereocenters. The summed E-state index contributed by atoms with van der Waals surface area (Å²) in [6.45, 7) is 7.66. The maximum atomic E-state index is 12.7. The summed E-state index contributed by atoms with van der Waals surface area (Å²) in [7, 11) is 0. The van der Waals surface area contributed by atoms with Crippen molar-refractivity contribution in [3.05, 3.63) is 69.1 Å². The van der Waals surface area contributed by atoms with E-state index in [-0.39, 0.29) is 29.8 Å². The Morgan fingerprint density at radius 1 is 1.15 bits per heavy atom. The molecule has 6 heteroatoms. The van der Waals surface area contributed by atoms with Crippen LogP contribution >= 0.6 is 0 Å². The number of carbonyl (C=O) groups excluding carboxylic acids is 2. The van der Waals surface area contributed by atoms with Gasteiger partial charge in [0.05, 0.1) is 0 Å². The summed E-state index contributed by atoms with van der Waals surface area (Å²) in [5, 5.41) is 5.62. The zero-order valence-corrected chi connectivity index (χ0v) is 16.3. The van der Waals surface area contributed by atoms with Gasteiger partial charge in [0.15, 0.2) is 0 Å². The van der Waals surface area contributed by atoms with Crippen LogP contribution < -0.4 is 16.2 Å². The number of hydrogen-bond acceptors (Lipinski definition) is 3. The summed E-state index contributed by atoms with van der Waals surface area (Å²) in [6.07, 6.45) is 0.733. The molecule has 3 N–H and O–H groups in total. The third kappa shape index (κ3) is 5.29. The number of rotatable bonds is 7. The highest BCUT2D eigenvalue weighted by Gasteiger charge is 2.26. The molecule has 0 bridgehead atoms. The van der Waals surface area contributed by atoms with E-state index < -0.39 is 6.04 Å². The van der Waals surface area contributed by atoms with Gasteiger partial charge >= 0.3 is 0 Å². The van der Waals surface area contributed by atoms with E-state index >= 15 is 0 Å². The van der Waals surface area contributed by atoms with Crippen LogP contribution in [0.15, 0.2) is 41.2 Å². The van der Waals surface area contributed by atoms with Crippen molar-refractivity contribution in [2.24, 2.45) is 5.92 Å². The van der Waals surface area contributed by atoms with Crippen LogP contribution in [-0.4, -0.2) is 22.8 Å². The molecular weight excluding hydrogens is 342 g/mol. The maximum Gasteiger partial charge on any atom is 0.253 e. The Hall–Kier alpha value is -2.89. The lowest BCUT2D eigenvalue weighted by atomic mass is 9.97. The van der Waals surface area contributed by atoms with Gasteiger partial charge in [-0.05, 0) is 43.5 Å². The fraction of sp³-hybridized carbons (Fsp3) is 0.381. The van der Waals surface area contributed by atoms with Crippen LogP contribution in [0, 0.1) is 19.8 Å². The Labute approximate surface area is 159 Å². The molecule has 0 aliphatic rings. The van der Waals surface area contributed by atoms with E-state index in [0.29, 0.717) is 11.1 Å². The summed E-state index contributed by atoms with van der Waals surface area (Å²) in [5.74, 6) is -0.636. The number of carbonyl (C=O) groups is 2. The Kier molecular flexibility index (Phi) is 6.93. The van der Waals surface area contributed by atoms with E-state index in [1.807, 2.05) is 39.8 Å². The van der Waals surface area contributed by atoms with Crippen molar-refractivity contribution in [3.63, 3.8) is 0 Å². The summed E-state index contributed by atoms with van der Waals surface area (Å²) in [4.78, 5) is 40.1. The third-order valence-electron chi connectivity index (χ3n) is 4.75. The first-order valence-corrected chi connectivity index (χ1v) is 9.16. The molecule has 6 nitrogen and oxygen atoms in total. The fourth-order valence-corrected chi connectivity index (χ4v) is 2.90. The van der Waals surface area contributed by atoms with Crippen molar-refractivity contribution in [2.75, 3.05) is 0 Å². The zero-order chi connectivity index (χ0) is 20.0. The minimum Gasteiger partial charge on any atom is -0.350 e. The molecule has 1 heterocycles. The molecule has 0 fully saturated rings. The predicted molar refractivity (Wildman–Crippen MR) is 106 cm³/mol. The average Bonchev–Trinajstić information content (AvgIpc) is 2.64. The van der Waals surface area contributed by atoms with Crippen LogP contribution in [0.3, 0.4) is 0 Å². The monoisotopic (exact) mass is 369 g/mol. The third-order valence-corrected chi connectivity index (χ3v) is 4.75. The van der Waals surface area contributed by atoms with Crippen molar-refractivity contribution in [3.8, 4) is 0 Å². The number of nitrogens with one attached hydrogen (secondary N) is 3. The molecule has 144 valence electrons. The average molecular weight is 369 g/mol. The van der Waals surface area contributed by atoms with Crippen molar-refractivity contribution in [1.29, 1.82) is 0 Å². The van der Waals surface area contributed by atoms with Crippen LogP contribution in [0.2, 0.25) is 0 Å². The molecule has 1 aromatic carbocycles. The van der Waals surface area contributed by atoms with E-state index in [1.165, 1.54) is 0 Å². The van der Waals surface area contributed by atoms with Gasteiger partial charge in [-0.2, -0.15) is 0 Å². The number of aromatic nitrogens is 1. The molecule has 0 saturated heterocycles. The van der Waals surface area contributed by atoms with Crippen LogP contribution in [0.25, 0.3) is 0 Å². The van der Waals surface area contributed by atoms with Gasteiger partial charge in [0.2, 0.25) is 5.91 Å². The fourth-order valence-electron chi connectivity index (χ4n) is 2.90. The van der Waals surface area contributed by atoms with Gasteiger partial charge in [-0.3, -0.25) is 14.4 Å². The van der Waals surface area contributed by atoms with E-state index in [2.05, 4.69) is 15.6 Å². The number of hydrogen-bond donors (Lipinski definition) is 3. The molecule has 2 rings (SSSR count). The Balaban J connectivity index is 2.11. The highest BCUT2D eigenvalue weighted by atomic mass is 16.2. The minimum atomic E-state index is -0.674. The summed E-state index contributed by atoms with van der Waals surface area (Å²) in [5.41, 5.74) is 2.42. The van der Waals surface area contributed by atoms with E-state index in [1.54, 1.807) is 24.3 Å². The van der Waals surface area contributed by atoms with E-state index in [0.717, 1.165) is 17.7 Å². The van der Waals surface area contributed by atoms with Crippen LogP contribution in [0.4, 0.5) is 0 Å². The molecule has 0 saturated carbocycles. The normalized spacial score (nSPS) is 12.9. The Morgan fingerprint density at radius 2 is 1.81 bits per heavy atom. The lowest BCUT2D eigenvalue weighted by Gasteiger charge is -2.23. The molecular formula is C21H27N3O3. The molecule has 0 unspecified atom stereocenters. The standard InChI is InChI=1S/C21H27N3O3/c1-5-13(2)18(24-19(25)16-9-7-6-8-10-16)21(27)22-12-17-14(3)11-15(4)23-20(17)26/h6-11,13,18H,5,12H2,1-4H3,(H,22,27)(H,23,26)(H,24,25)/t13-,18-/m0/s1. The van der Waals surface area contributed by atoms with Crippen molar-refractivity contribution < 1.29 is 9.59 Å². The molecule has 27 heavy (non-hydrogen) atoms. The summed E-state index contributed by atoms with van der Waals surface area (Å²) in [6, 6.07) is 9.99. The summed E-state index contributed by atoms with van der Waals surface area (Å²) >= 11 is 0. The highest BCUT2D eigenvalue weighted by Crippen LogP contribution is 2.10. The van der Waals surface area contributed by atoms with Gasteiger partial charge in [-0.15, -0.1) is 0 Å². The second-order valence-electron chi connectivity index (χ2n) is 6.86. The van der Waals surface area contributed by atoms with Crippen LogP contribution in [0.5, 0.6) is 0 Å². The highest BCUT2D eigenvalue weighted by molar-refractivity contribution is 5.97. The number of amides is 2. The molecule has 2 aromatic rings. The van der Waals surface area contributed by atoms with Gasteiger partial charge in [-0.1, -0.05) is 38.5 Å². The lowest BCUT2D eigenvalue weighted by Crippen LogP contribution is -2.50. The smallest absolute Gasteiger partial charge is 0.253 e. The largest absolute Gasteiger partial charge is 0.350 e. The molecule has 0 aliphatic carbocycles. The molecule has 0 spiro atoms. The van der Waals surface area contributed by atoms with E-state index in [4.69, 9.17) is 0 Å². The Morgan fingerprint density at radius 3 is 2.41 bits per heavy atom. The van der Waals surface area contributed by atoms with Gasteiger partial charge in [0, 0.05) is 23.4 Å². The number of benzene rings is 1. The number of pyridine rings is 1. The predicted octanol–water partition coefficient (Wildman–Crippen LogP) is 2.45. The maximum absolute atomic E-state index is 12.7. The van der Waals surface area contributed by atoms with Gasteiger partial charge in [0.1, 0.15) is 6.04 Å². The van der Waals surface area contributed by atoms with Crippen molar-refractivity contribution >= 4 is 11.8 Å². The van der Waals surface area contributed by atoms with Crippen LogP contribution in [0.1, 0.15) is 47.4 Å². The van der Waals surface area contributed by atoms with Crippen molar-refractivity contribution in [1.82, 2.24) is 15.6 Å². The quantitative estimate of drug-likeness (QED) is 0.700. The van der Waals surface area contributed by atoms with Gasteiger partial charge in [-0.25, -0.2) is 0 Å². The Bertz CT molecular complexity index is 859. The SMILES string of the molecule is CC[C@H](C)[C@H](NC(=O)c1ccccc1)C(=O)NCc1c(C)cc(C)[nH]c1=O. The molecule has 1 aromatic heterocycles. The van der Waals surface area contributed by atoms with Crippen LogP contribution in [-0.2, 0) is 11.3 Å².